The van der Waals surface area contributed by atoms with Crippen LogP contribution < -0.4 is 10.1 Å². The highest BCUT2D eigenvalue weighted by molar-refractivity contribution is 6.32. The van der Waals surface area contributed by atoms with E-state index < -0.39 is 30.0 Å². The highest BCUT2D eigenvalue weighted by Gasteiger charge is 2.11. The molecule has 0 aliphatic carbocycles. The van der Waals surface area contributed by atoms with Gasteiger partial charge in [-0.05, 0) is 30.3 Å². The predicted molar refractivity (Wildman–Crippen MR) is 94.3 cm³/mol. The van der Waals surface area contributed by atoms with Gasteiger partial charge in [-0.3, -0.25) is 14.9 Å². The number of ether oxygens (including phenoxy) is 2. The molecule has 0 spiro atoms. The minimum Gasteiger partial charge on any atom is -0.482 e. The van der Waals surface area contributed by atoms with Crippen LogP contribution in [0.4, 0.5) is 11.4 Å². The van der Waals surface area contributed by atoms with Gasteiger partial charge in [0, 0.05) is 17.8 Å². The summed E-state index contributed by atoms with van der Waals surface area (Å²) < 4.78 is 9.88. The van der Waals surface area contributed by atoms with Crippen LogP contribution in [0.25, 0.3) is 0 Å². The number of hydrogen-bond acceptors (Lipinski definition) is 7. The fourth-order valence-electron chi connectivity index (χ4n) is 1.87. The number of nitro groups is 1. The van der Waals surface area contributed by atoms with Gasteiger partial charge in [0.05, 0.1) is 15.5 Å². The summed E-state index contributed by atoms with van der Waals surface area (Å²) >= 11 is 5.85. The summed E-state index contributed by atoms with van der Waals surface area (Å²) in [5.74, 6) is -1.14. The van der Waals surface area contributed by atoms with E-state index in [1.165, 1.54) is 42.5 Å². The van der Waals surface area contributed by atoms with Crippen LogP contribution in [0.2, 0.25) is 5.02 Å². The Bertz CT molecular complexity index is 908. The van der Waals surface area contributed by atoms with Crippen LogP contribution in [-0.4, -0.2) is 30.0 Å². The molecule has 0 radical (unpaired) electrons. The molecule has 2 aromatic carbocycles. The molecule has 0 bridgehead atoms. The van der Waals surface area contributed by atoms with Gasteiger partial charge in [0.25, 0.3) is 11.6 Å². The van der Waals surface area contributed by atoms with Crippen molar-refractivity contribution in [3.05, 3.63) is 63.2 Å². The normalized spacial score (nSPS) is 9.78. The predicted octanol–water partition coefficient (Wildman–Crippen LogP) is 2.68. The molecule has 10 heteroatoms. The summed E-state index contributed by atoms with van der Waals surface area (Å²) in [4.78, 5) is 33.3. The lowest BCUT2D eigenvalue weighted by Gasteiger charge is -2.08. The van der Waals surface area contributed by atoms with Gasteiger partial charge < -0.3 is 14.8 Å². The number of carbonyl (C=O) groups excluding carboxylic acids is 2. The first-order chi connectivity index (χ1) is 12.9. The largest absolute Gasteiger partial charge is 0.482 e. The minimum atomic E-state index is -0.790. The Hall–Kier alpha value is -3.64. The van der Waals surface area contributed by atoms with E-state index in [0.29, 0.717) is 5.69 Å². The zero-order valence-electron chi connectivity index (χ0n) is 13.7. The van der Waals surface area contributed by atoms with E-state index in [1.807, 2.05) is 6.07 Å². The fourth-order valence-corrected chi connectivity index (χ4v) is 2.10. The number of esters is 1. The van der Waals surface area contributed by atoms with E-state index in [2.05, 4.69) is 5.32 Å². The summed E-state index contributed by atoms with van der Waals surface area (Å²) in [7, 11) is 0. The molecule has 2 rings (SSSR count). The maximum atomic E-state index is 11.8. The van der Waals surface area contributed by atoms with Crippen molar-refractivity contribution in [3.8, 4) is 11.8 Å². The monoisotopic (exact) mass is 389 g/mol. The Morgan fingerprint density at radius 3 is 2.48 bits per heavy atom. The standard InChI is InChI=1S/C17H12ClN3O6/c18-15-7-12(2-1-11(15)8-19)20-16(22)9-27-17(23)10-26-14-5-3-13(4-6-14)21(24)25/h1-7H,9-10H2,(H,20,22). The van der Waals surface area contributed by atoms with Crippen LogP contribution in [0.1, 0.15) is 5.56 Å². The van der Waals surface area contributed by atoms with Crippen LogP contribution in [0.15, 0.2) is 42.5 Å². The van der Waals surface area contributed by atoms with Crippen LogP contribution in [-0.2, 0) is 14.3 Å². The van der Waals surface area contributed by atoms with E-state index in [1.54, 1.807) is 0 Å². The Morgan fingerprint density at radius 2 is 1.89 bits per heavy atom. The molecular formula is C17H12ClN3O6. The van der Waals surface area contributed by atoms with Crippen molar-refractivity contribution >= 4 is 34.9 Å². The van der Waals surface area contributed by atoms with E-state index in [9.17, 15) is 19.7 Å². The highest BCUT2D eigenvalue weighted by atomic mass is 35.5. The van der Waals surface area contributed by atoms with Crippen molar-refractivity contribution in [2.45, 2.75) is 0 Å². The summed E-state index contributed by atoms with van der Waals surface area (Å²) in [6, 6.07) is 11.4. The lowest BCUT2D eigenvalue weighted by molar-refractivity contribution is -0.384. The molecule has 0 aliphatic rings. The van der Waals surface area contributed by atoms with Crippen molar-refractivity contribution in [1.82, 2.24) is 0 Å². The highest BCUT2D eigenvalue weighted by Crippen LogP contribution is 2.20. The molecular weight excluding hydrogens is 378 g/mol. The molecule has 9 nitrogen and oxygen atoms in total. The molecule has 0 unspecified atom stereocenters. The summed E-state index contributed by atoms with van der Waals surface area (Å²) in [5, 5.41) is 22.0. The number of nitriles is 1. The SMILES string of the molecule is N#Cc1ccc(NC(=O)COC(=O)COc2ccc([N+](=O)[O-])cc2)cc1Cl. The van der Waals surface area contributed by atoms with Gasteiger partial charge >= 0.3 is 5.97 Å². The van der Waals surface area contributed by atoms with Crippen molar-refractivity contribution in [1.29, 1.82) is 5.26 Å². The average molecular weight is 390 g/mol. The van der Waals surface area contributed by atoms with E-state index in [4.69, 9.17) is 26.3 Å². The quantitative estimate of drug-likeness (QED) is 0.437. The van der Waals surface area contributed by atoms with Crippen LogP contribution in [0, 0.1) is 21.4 Å². The zero-order valence-corrected chi connectivity index (χ0v) is 14.4. The van der Waals surface area contributed by atoms with Gasteiger partial charge in [0.2, 0.25) is 0 Å². The summed E-state index contributed by atoms with van der Waals surface area (Å²) in [6.45, 7) is -1.01. The third-order valence-electron chi connectivity index (χ3n) is 3.14. The molecule has 0 heterocycles. The van der Waals surface area contributed by atoms with Gasteiger partial charge in [0.15, 0.2) is 13.2 Å². The third-order valence-corrected chi connectivity index (χ3v) is 3.45. The first-order valence-corrected chi connectivity index (χ1v) is 7.79. The second-order valence-electron chi connectivity index (χ2n) is 5.05. The van der Waals surface area contributed by atoms with Gasteiger partial charge in [-0.1, -0.05) is 11.6 Å². The number of rotatable bonds is 7. The number of nitrogens with one attached hydrogen (secondary N) is 1. The van der Waals surface area contributed by atoms with Crippen LogP contribution in [0.3, 0.4) is 0 Å². The molecule has 0 aromatic heterocycles. The first kappa shape index (κ1) is 19.7. The van der Waals surface area contributed by atoms with Gasteiger partial charge in [-0.2, -0.15) is 5.26 Å². The number of amides is 1. The first-order valence-electron chi connectivity index (χ1n) is 7.41. The molecule has 138 valence electrons. The molecule has 0 aliphatic heterocycles. The number of hydrogen-bond donors (Lipinski definition) is 1. The van der Waals surface area contributed by atoms with E-state index in [0.717, 1.165) is 0 Å². The Labute approximate surface area is 158 Å². The average Bonchev–Trinajstić information content (AvgIpc) is 2.65. The zero-order chi connectivity index (χ0) is 19.8. The van der Waals surface area contributed by atoms with Gasteiger partial charge in [-0.15, -0.1) is 0 Å². The van der Waals surface area contributed by atoms with E-state index in [-0.39, 0.29) is 22.0 Å². The molecule has 0 atom stereocenters. The fraction of sp³-hybridized carbons (Fsp3) is 0.118. The topological polar surface area (TPSA) is 132 Å². The summed E-state index contributed by atoms with van der Waals surface area (Å²) in [5.41, 5.74) is 0.510. The van der Waals surface area contributed by atoms with Crippen molar-refractivity contribution < 1.29 is 24.0 Å². The number of benzene rings is 2. The lowest BCUT2D eigenvalue weighted by atomic mass is 10.2. The van der Waals surface area contributed by atoms with Crippen LogP contribution in [0.5, 0.6) is 5.75 Å². The van der Waals surface area contributed by atoms with Gasteiger partial charge in [0.1, 0.15) is 11.8 Å². The molecule has 1 N–H and O–H groups in total. The van der Waals surface area contributed by atoms with Crippen molar-refractivity contribution in [2.75, 3.05) is 18.5 Å². The molecule has 0 saturated carbocycles. The maximum absolute atomic E-state index is 11.8. The maximum Gasteiger partial charge on any atom is 0.344 e. The second-order valence-corrected chi connectivity index (χ2v) is 5.46. The summed E-state index contributed by atoms with van der Waals surface area (Å²) in [6.07, 6.45) is 0. The molecule has 2 aromatic rings. The molecule has 0 saturated heterocycles. The lowest BCUT2D eigenvalue weighted by Crippen LogP contribution is -2.23. The van der Waals surface area contributed by atoms with Crippen molar-refractivity contribution in [3.63, 3.8) is 0 Å². The van der Waals surface area contributed by atoms with Gasteiger partial charge in [-0.25, -0.2) is 4.79 Å². The second kappa shape index (κ2) is 9.17. The van der Waals surface area contributed by atoms with Crippen LogP contribution >= 0.6 is 11.6 Å². The number of carbonyl (C=O) groups is 2. The number of nitrogens with zero attached hydrogens (tertiary/aromatic N) is 2. The Kier molecular flexibility index (Phi) is 6.68. The van der Waals surface area contributed by atoms with E-state index >= 15 is 0 Å². The molecule has 27 heavy (non-hydrogen) atoms. The number of anilines is 1. The third kappa shape index (κ3) is 5.98. The Balaban J connectivity index is 1.76. The number of nitro benzene ring substituents is 1. The smallest absolute Gasteiger partial charge is 0.344 e. The van der Waals surface area contributed by atoms with Crippen molar-refractivity contribution in [2.24, 2.45) is 0 Å². The number of halogens is 1. The Morgan fingerprint density at radius 1 is 1.19 bits per heavy atom. The molecule has 0 fully saturated rings. The molecule has 1 amide bonds. The minimum absolute atomic E-state index is 0.107. The number of non-ortho nitro benzene ring substituents is 1.